The monoisotopic (exact) mass is 344 g/mol. The number of benzene rings is 1. The third-order valence-electron chi connectivity index (χ3n) is 3.48. The van der Waals surface area contributed by atoms with Crippen molar-refractivity contribution in [2.24, 2.45) is 0 Å². The lowest BCUT2D eigenvalue weighted by atomic mass is 10.2. The molecule has 0 saturated carbocycles. The van der Waals surface area contributed by atoms with Crippen LogP contribution in [0.1, 0.15) is 16.8 Å². The van der Waals surface area contributed by atoms with Gasteiger partial charge in [-0.05, 0) is 30.2 Å². The van der Waals surface area contributed by atoms with Gasteiger partial charge >= 0.3 is 6.18 Å². The normalized spacial score (nSPS) is 11.4. The summed E-state index contributed by atoms with van der Waals surface area (Å²) in [5, 5.41) is 2.84. The molecule has 0 aliphatic rings. The van der Waals surface area contributed by atoms with Crippen molar-refractivity contribution in [3.63, 3.8) is 0 Å². The van der Waals surface area contributed by atoms with Gasteiger partial charge in [0, 0.05) is 12.7 Å². The van der Waals surface area contributed by atoms with E-state index in [0.29, 0.717) is 12.2 Å². The maximum Gasteiger partial charge on any atom is 0.433 e. The van der Waals surface area contributed by atoms with Gasteiger partial charge in [-0.3, -0.25) is 4.98 Å². The molecule has 0 unspecified atom stereocenters. The van der Waals surface area contributed by atoms with E-state index in [2.05, 4.69) is 20.3 Å². The summed E-state index contributed by atoms with van der Waals surface area (Å²) in [7, 11) is 0. The third kappa shape index (κ3) is 4.32. The van der Waals surface area contributed by atoms with E-state index < -0.39 is 11.9 Å². The Balaban J connectivity index is 1.94. The Labute approximate surface area is 142 Å². The first-order valence-corrected chi connectivity index (χ1v) is 7.59. The molecule has 0 amide bonds. The fraction of sp³-hybridized carbons (Fsp3) is 0.167. The molecular weight excluding hydrogens is 329 g/mol. The molecule has 2 heterocycles. The van der Waals surface area contributed by atoms with Crippen LogP contribution in [0.4, 0.5) is 19.1 Å². The highest BCUT2D eigenvalue weighted by Gasteiger charge is 2.34. The quantitative estimate of drug-likeness (QED) is 0.758. The number of aromatic nitrogens is 3. The number of rotatable bonds is 4. The van der Waals surface area contributed by atoms with Gasteiger partial charge in [-0.1, -0.05) is 36.4 Å². The van der Waals surface area contributed by atoms with E-state index in [4.69, 9.17) is 0 Å². The molecule has 2 aromatic heterocycles. The lowest BCUT2D eigenvalue weighted by Crippen LogP contribution is -2.13. The number of nitrogens with one attached hydrogen (secondary N) is 1. The number of alkyl halides is 3. The number of pyridine rings is 1. The van der Waals surface area contributed by atoms with Crippen LogP contribution < -0.4 is 5.32 Å². The largest absolute Gasteiger partial charge is 0.433 e. The Morgan fingerprint density at radius 3 is 2.36 bits per heavy atom. The Bertz CT molecular complexity index is 846. The zero-order chi connectivity index (χ0) is 17.9. The van der Waals surface area contributed by atoms with Crippen LogP contribution in [0.2, 0.25) is 0 Å². The number of anilines is 1. The molecule has 0 radical (unpaired) electrons. The molecule has 1 N–H and O–H groups in total. The van der Waals surface area contributed by atoms with Gasteiger partial charge in [0.1, 0.15) is 0 Å². The van der Waals surface area contributed by atoms with Crippen molar-refractivity contribution in [2.75, 3.05) is 5.32 Å². The molecule has 0 atom stereocenters. The molecule has 0 fully saturated rings. The molecule has 0 spiro atoms. The van der Waals surface area contributed by atoms with Crippen molar-refractivity contribution in [2.45, 2.75) is 19.6 Å². The fourth-order valence-corrected chi connectivity index (χ4v) is 2.20. The summed E-state index contributed by atoms with van der Waals surface area (Å²) in [4.78, 5) is 11.9. The zero-order valence-corrected chi connectivity index (χ0v) is 13.4. The Kier molecular flexibility index (Phi) is 4.65. The van der Waals surface area contributed by atoms with Crippen LogP contribution in [0.25, 0.3) is 11.4 Å². The number of hydrogen-bond donors (Lipinski definition) is 1. The first-order valence-electron chi connectivity index (χ1n) is 7.59. The first kappa shape index (κ1) is 16.9. The fourth-order valence-electron chi connectivity index (χ4n) is 2.20. The minimum Gasteiger partial charge on any atom is -0.350 e. The van der Waals surface area contributed by atoms with Crippen LogP contribution in [0, 0.1) is 6.92 Å². The SMILES string of the molecule is Cc1ccc(-c2cc(C(F)(F)F)nc(NCc3ccccc3)n2)nc1. The second kappa shape index (κ2) is 6.88. The second-order valence-electron chi connectivity index (χ2n) is 5.52. The Hall–Kier alpha value is -2.96. The molecule has 7 heteroatoms. The van der Waals surface area contributed by atoms with Gasteiger partial charge in [-0.25, -0.2) is 9.97 Å². The maximum absolute atomic E-state index is 13.2. The van der Waals surface area contributed by atoms with E-state index in [1.807, 2.05) is 37.3 Å². The van der Waals surface area contributed by atoms with Crippen molar-refractivity contribution < 1.29 is 13.2 Å². The topological polar surface area (TPSA) is 50.7 Å². The maximum atomic E-state index is 13.2. The van der Waals surface area contributed by atoms with Crippen molar-refractivity contribution >= 4 is 5.95 Å². The summed E-state index contributed by atoms with van der Waals surface area (Å²) < 4.78 is 39.5. The molecule has 1 aromatic carbocycles. The number of hydrogen-bond acceptors (Lipinski definition) is 4. The second-order valence-corrected chi connectivity index (χ2v) is 5.52. The smallest absolute Gasteiger partial charge is 0.350 e. The van der Waals surface area contributed by atoms with Crippen molar-refractivity contribution in [3.05, 3.63) is 71.5 Å². The van der Waals surface area contributed by atoms with Crippen LogP contribution in [0.3, 0.4) is 0 Å². The zero-order valence-electron chi connectivity index (χ0n) is 13.4. The standard InChI is InChI=1S/C18H15F3N4/c1-12-7-8-14(22-10-12)15-9-16(18(19,20)21)25-17(24-15)23-11-13-5-3-2-4-6-13/h2-10H,11H2,1H3,(H,23,24,25). The van der Waals surface area contributed by atoms with E-state index in [1.54, 1.807) is 18.3 Å². The predicted octanol–water partition coefficient (Wildman–Crippen LogP) is 4.48. The molecule has 128 valence electrons. The van der Waals surface area contributed by atoms with E-state index in [1.165, 1.54) is 0 Å². The summed E-state index contributed by atoms with van der Waals surface area (Å²) in [6.07, 6.45) is -2.98. The molecular formula is C18H15F3N4. The number of nitrogens with zero attached hydrogens (tertiary/aromatic N) is 3. The molecule has 4 nitrogen and oxygen atoms in total. The summed E-state index contributed by atoms with van der Waals surface area (Å²) >= 11 is 0. The van der Waals surface area contributed by atoms with Crippen molar-refractivity contribution in [1.29, 1.82) is 0 Å². The summed E-state index contributed by atoms with van der Waals surface area (Å²) in [6, 6.07) is 13.6. The van der Waals surface area contributed by atoms with Gasteiger partial charge in [-0.15, -0.1) is 0 Å². The minimum atomic E-state index is -4.56. The van der Waals surface area contributed by atoms with E-state index in [9.17, 15) is 13.2 Å². The molecule has 0 saturated heterocycles. The molecule has 3 rings (SSSR count). The average Bonchev–Trinajstić information content (AvgIpc) is 2.60. The molecule has 0 aliphatic carbocycles. The van der Waals surface area contributed by atoms with E-state index in [-0.39, 0.29) is 11.6 Å². The first-order chi connectivity index (χ1) is 11.9. The number of halogens is 3. The van der Waals surface area contributed by atoms with Crippen LogP contribution in [-0.2, 0) is 12.7 Å². The van der Waals surface area contributed by atoms with Gasteiger partial charge in [0.15, 0.2) is 5.69 Å². The van der Waals surface area contributed by atoms with Crippen LogP contribution in [0.5, 0.6) is 0 Å². The van der Waals surface area contributed by atoms with Crippen LogP contribution in [0.15, 0.2) is 54.7 Å². The summed E-state index contributed by atoms with van der Waals surface area (Å²) in [6.45, 7) is 2.17. The summed E-state index contributed by atoms with van der Waals surface area (Å²) in [5.41, 5.74) is 1.31. The summed E-state index contributed by atoms with van der Waals surface area (Å²) in [5.74, 6) is -0.0870. The van der Waals surface area contributed by atoms with Crippen LogP contribution >= 0.6 is 0 Å². The Morgan fingerprint density at radius 1 is 0.960 bits per heavy atom. The van der Waals surface area contributed by atoms with Gasteiger partial charge < -0.3 is 5.32 Å². The minimum absolute atomic E-state index is 0.0870. The van der Waals surface area contributed by atoms with Gasteiger partial charge in [0.05, 0.1) is 11.4 Å². The number of aryl methyl sites for hydroxylation is 1. The predicted molar refractivity (Wildman–Crippen MR) is 88.8 cm³/mol. The lowest BCUT2D eigenvalue weighted by Gasteiger charge is -2.11. The lowest BCUT2D eigenvalue weighted by molar-refractivity contribution is -0.141. The van der Waals surface area contributed by atoms with Crippen molar-refractivity contribution in [3.8, 4) is 11.4 Å². The highest BCUT2D eigenvalue weighted by molar-refractivity contribution is 5.56. The third-order valence-corrected chi connectivity index (χ3v) is 3.48. The molecule has 25 heavy (non-hydrogen) atoms. The van der Waals surface area contributed by atoms with E-state index >= 15 is 0 Å². The van der Waals surface area contributed by atoms with E-state index in [0.717, 1.165) is 17.2 Å². The molecule has 0 bridgehead atoms. The van der Waals surface area contributed by atoms with Gasteiger partial charge in [0.2, 0.25) is 5.95 Å². The van der Waals surface area contributed by atoms with Crippen molar-refractivity contribution in [1.82, 2.24) is 15.0 Å². The average molecular weight is 344 g/mol. The van der Waals surface area contributed by atoms with Gasteiger partial charge in [-0.2, -0.15) is 13.2 Å². The van der Waals surface area contributed by atoms with Crippen LogP contribution in [-0.4, -0.2) is 15.0 Å². The molecule has 3 aromatic rings. The Morgan fingerprint density at radius 2 is 1.72 bits per heavy atom. The highest BCUT2D eigenvalue weighted by atomic mass is 19.4. The molecule has 0 aliphatic heterocycles. The highest BCUT2D eigenvalue weighted by Crippen LogP contribution is 2.30. The van der Waals surface area contributed by atoms with Gasteiger partial charge in [0.25, 0.3) is 0 Å².